The van der Waals surface area contributed by atoms with Crippen molar-refractivity contribution in [2.45, 2.75) is 18.8 Å². The topological polar surface area (TPSA) is 46.5 Å². The van der Waals surface area contributed by atoms with Gasteiger partial charge in [-0.15, -0.1) is 0 Å². The molecule has 0 aliphatic heterocycles. The van der Waals surface area contributed by atoms with E-state index in [-0.39, 0.29) is 24.9 Å². The molecule has 0 radical (unpaired) electrons. The van der Waals surface area contributed by atoms with Gasteiger partial charge >= 0.3 is 5.97 Å². The summed E-state index contributed by atoms with van der Waals surface area (Å²) in [6, 6.07) is 7.32. The predicted molar refractivity (Wildman–Crippen MR) is 62.5 cm³/mol. The van der Waals surface area contributed by atoms with Crippen molar-refractivity contribution >= 4 is 17.6 Å². The van der Waals surface area contributed by atoms with Gasteiger partial charge in [-0.25, -0.2) is 0 Å². The van der Waals surface area contributed by atoms with Crippen LogP contribution < -0.4 is 0 Å². The summed E-state index contributed by atoms with van der Waals surface area (Å²) in [6.07, 6.45) is 0.785. The Bertz CT molecular complexity index is 352. The predicted octanol–water partition coefficient (Wildman–Crippen LogP) is 2.37. The maximum Gasteiger partial charge on any atom is 0.306 e. The van der Waals surface area contributed by atoms with Crippen LogP contribution in [0.3, 0.4) is 0 Å². The highest BCUT2D eigenvalue weighted by Crippen LogP contribution is 2.25. The summed E-state index contributed by atoms with van der Waals surface area (Å²) >= 11 is 5.88. The Morgan fingerprint density at radius 2 is 2.31 bits per heavy atom. The molecule has 1 aromatic carbocycles. The molecule has 3 nitrogen and oxygen atoms in total. The van der Waals surface area contributed by atoms with Crippen molar-refractivity contribution in [1.29, 1.82) is 0 Å². The highest BCUT2D eigenvalue weighted by atomic mass is 35.5. The standard InChI is InChI=1S/C12H15ClO3/c1-16-12(15)8-10(5-6-14)9-3-2-4-11(13)7-9/h2-4,7,10,14H,5-6,8H2,1H3/t10-/m0/s1. The van der Waals surface area contributed by atoms with Gasteiger partial charge in [-0.05, 0) is 30.0 Å². The first-order valence-corrected chi connectivity index (χ1v) is 5.48. The highest BCUT2D eigenvalue weighted by Gasteiger charge is 2.16. The van der Waals surface area contributed by atoms with Crippen molar-refractivity contribution in [3.63, 3.8) is 0 Å². The lowest BCUT2D eigenvalue weighted by Gasteiger charge is -2.15. The van der Waals surface area contributed by atoms with Crippen LogP contribution in [0, 0.1) is 0 Å². The van der Waals surface area contributed by atoms with Crippen LogP contribution in [0.2, 0.25) is 5.02 Å². The fourth-order valence-corrected chi connectivity index (χ4v) is 1.79. The summed E-state index contributed by atoms with van der Waals surface area (Å²) in [7, 11) is 1.36. The smallest absolute Gasteiger partial charge is 0.306 e. The Morgan fingerprint density at radius 1 is 1.56 bits per heavy atom. The number of ether oxygens (including phenoxy) is 1. The molecule has 1 aromatic rings. The average molecular weight is 243 g/mol. The zero-order valence-corrected chi connectivity index (χ0v) is 9.91. The number of hydrogen-bond acceptors (Lipinski definition) is 3. The van der Waals surface area contributed by atoms with Crippen LogP contribution in [0.5, 0.6) is 0 Å². The zero-order valence-electron chi connectivity index (χ0n) is 9.15. The lowest BCUT2D eigenvalue weighted by atomic mass is 9.93. The molecule has 0 aliphatic carbocycles. The molecule has 0 fully saturated rings. The maximum atomic E-state index is 11.2. The quantitative estimate of drug-likeness (QED) is 0.807. The lowest BCUT2D eigenvalue weighted by Crippen LogP contribution is -2.10. The monoisotopic (exact) mass is 242 g/mol. The van der Waals surface area contributed by atoms with E-state index < -0.39 is 0 Å². The van der Waals surface area contributed by atoms with Gasteiger partial charge in [0.15, 0.2) is 0 Å². The van der Waals surface area contributed by atoms with Crippen LogP contribution in [0.1, 0.15) is 24.3 Å². The van der Waals surface area contributed by atoms with Gasteiger partial charge in [-0.2, -0.15) is 0 Å². The average Bonchev–Trinajstić information content (AvgIpc) is 2.28. The highest BCUT2D eigenvalue weighted by molar-refractivity contribution is 6.30. The van der Waals surface area contributed by atoms with E-state index >= 15 is 0 Å². The second-order valence-electron chi connectivity index (χ2n) is 3.54. The summed E-state index contributed by atoms with van der Waals surface area (Å²) in [5, 5.41) is 9.60. The van der Waals surface area contributed by atoms with Crippen LogP contribution in [0.4, 0.5) is 0 Å². The molecule has 0 heterocycles. The van der Waals surface area contributed by atoms with Crippen molar-refractivity contribution in [3.05, 3.63) is 34.9 Å². The third kappa shape index (κ3) is 3.83. The molecule has 0 bridgehead atoms. The van der Waals surface area contributed by atoms with E-state index in [2.05, 4.69) is 4.74 Å². The van der Waals surface area contributed by atoms with Crippen LogP contribution in [0.25, 0.3) is 0 Å². The van der Waals surface area contributed by atoms with E-state index in [0.29, 0.717) is 11.4 Å². The van der Waals surface area contributed by atoms with Gasteiger partial charge in [0.25, 0.3) is 0 Å². The molecule has 0 amide bonds. The molecule has 0 aliphatic rings. The first-order chi connectivity index (χ1) is 7.67. The number of rotatable bonds is 5. The van der Waals surface area contributed by atoms with Crippen molar-refractivity contribution in [1.82, 2.24) is 0 Å². The van der Waals surface area contributed by atoms with E-state index in [1.54, 1.807) is 6.07 Å². The van der Waals surface area contributed by atoms with Crippen molar-refractivity contribution in [2.24, 2.45) is 0 Å². The number of halogens is 1. The molecule has 1 atom stereocenters. The van der Waals surface area contributed by atoms with E-state index in [0.717, 1.165) is 5.56 Å². The molecular weight excluding hydrogens is 228 g/mol. The summed E-state index contributed by atoms with van der Waals surface area (Å²) in [6.45, 7) is 0.0359. The molecule has 0 unspecified atom stereocenters. The fraction of sp³-hybridized carbons (Fsp3) is 0.417. The number of methoxy groups -OCH3 is 1. The van der Waals surface area contributed by atoms with Gasteiger partial charge < -0.3 is 9.84 Å². The van der Waals surface area contributed by atoms with E-state index in [4.69, 9.17) is 16.7 Å². The van der Waals surface area contributed by atoms with Crippen molar-refractivity contribution < 1.29 is 14.6 Å². The fourth-order valence-electron chi connectivity index (χ4n) is 1.59. The number of carbonyl (C=O) groups is 1. The van der Waals surface area contributed by atoms with Gasteiger partial charge in [-0.3, -0.25) is 4.79 Å². The minimum Gasteiger partial charge on any atom is -0.469 e. The molecule has 4 heteroatoms. The van der Waals surface area contributed by atoms with Gasteiger partial charge in [0.05, 0.1) is 13.5 Å². The number of esters is 1. The number of carbonyl (C=O) groups excluding carboxylic acids is 1. The molecule has 1 rings (SSSR count). The van der Waals surface area contributed by atoms with Crippen LogP contribution >= 0.6 is 11.6 Å². The molecule has 1 N–H and O–H groups in total. The SMILES string of the molecule is COC(=O)C[C@H](CCO)c1cccc(Cl)c1. The number of aliphatic hydroxyl groups excluding tert-OH is 1. The maximum absolute atomic E-state index is 11.2. The first kappa shape index (κ1) is 13.0. The largest absolute Gasteiger partial charge is 0.469 e. The van der Waals surface area contributed by atoms with Gasteiger partial charge in [0.2, 0.25) is 0 Å². The Hall–Kier alpha value is -1.06. The summed E-state index contributed by atoms with van der Waals surface area (Å²) < 4.78 is 4.63. The lowest BCUT2D eigenvalue weighted by molar-refractivity contribution is -0.141. The second-order valence-corrected chi connectivity index (χ2v) is 3.98. The van der Waals surface area contributed by atoms with E-state index in [1.807, 2.05) is 18.2 Å². The Balaban J connectivity index is 2.80. The normalized spacial score (nSPS) is 12.2. The third-order valence-electron chi connectivity index (χ3n) is 2.44. The van der Waals surface area contributed by atoms with E-state index in [9.17, 15) is 4.79 Å². The summed E-state index contributed by atoms with van der Waals surface area (Å²) in [5.41, 5.74) is 0.951. The minimum atomic E-state index is -0.279. The molecule has 16 heavy (non-hydrogen) atoms. The number of benzene rings is 1. The van der Waals surface area contributed by atoms with Crippen LogP contribution in [-0.2, 0) is 9.53 Å². The zero-order chi connectivity index (χ0) is 12.0. The van der Waals surface area contributed by atoms with Gasteiger partial charge in [0.1, 0.15) is 0 Å². The Labute approximate surface area is 100.0 Å². The molecular formula is C12H15ClO3. The van der Waals surface area contributed by atoms with Crippen molar-refractivity contribution in [2.75, 3.05) is 13.7 Å². The molecule has 0 aromatic heterocycles. The third-order valence-corrected chi connectivity index (χ3v) is 2.67. The van der Waals surface area contributed by atoms with Crippen molar-refractivity contribution in [3.8, 4) is 0 Å². The molecule has 88 valence electrons. The minimum absolute atomic E-state index is 0.0359. The van der Waals surface area contributed by atoms with Crippen LogP contribution in [-0.4, -0.2) is 24.8 Å². The number of hydrogen-bond donors (Lipinski definition) is 1. The molecule has 0 saturated carbocycles. The summed E-state index contributed by atoms with van der Waals surface area (Å²) in [4.78, 5) is 11.2. The van der Waals surface area contributed by atoms with Gasteiger partial charge in [0, 0.05) is 11.6 Å². The Morgan fingerprint density at radius 3 is 2.88 bits per heavy atom. The van der Waals surface area contributed by atoms with Crippen LogP contribution in [0.15, 0.2) is 24.3 Å². The first-order valence-electron chi connectivity index (χ1n) is 5.10. The summed E-state index contributed by atoms with van der Waals surface area (Å²) in [5.74, 6) is -0.324. The second kappa shape index (κ2) is 6.51. The number of aliphatic hydroxyl groups is 1. The van der Waals surface area contributed by atoms with E-state index in [1.165, 1.54) is 7.11 Å². The van der Waals surface area contributed by atoms with Gasteiger partial charge in [-0.1, -0.05) is 23.7 Å². The molecule has 0 saturated heterocycles. The Kier molecular flexibility index (Phi) is 5.29. The molecule has 0 spiro atoms.